The summed E-state index contributed by atoms with van der Waals surface area (Å²) in [6.45, 7) is 8.45. The van der Waals surface area contributed by atoms with Crippen molar-refractivity contribution in [2.24, 2.45) is 5.92 Å². The van der Waals surface area contributed by atoms with Gasteiger partial charge in [0.15, 0.2) is 0 Å². The van der Waals surface area contributed by atoms with Crippen molar-refractivity contribution in [3.05, 3.63) is 42.1 Å². The molecule has 0 bridgehead atoms. The first-order chi connectivity index (χ1) is 9.72. The summed E-state index contributed by atoms with van der Waals surface area (Å²) in [5, 5.41) is 3.48. The quantitative estimate of drug-likeness (QED) is 0.842. The van der Waals surface area contributed by atoms with Gasteiger partial charge in [-0.25, -0.2) is 9.97 Å². The van der Waals surface area contributed by atoms with Gasteiger partial charge in [-0.2, -0.15) is 0 Å². The summed E-state index contributed by atoms with van der Waals surface area (Å²) in [5.41, 5.74) is 1.21. The van der Waals surface area contributed by atoms with Crippen LogP contribution in [0.2, 0.25) is 0 Å². The first-order valence-corrected chi connectivity index (χ1v) is 7.39. The number of imidazole rings is 1. The Kier molecular flexibility index (Phi) is 5.30. The molecular formula is C16H24N4. The molecule has 0 saturated heterocycles. The van der Waals surface area contributed by atoms with Crippen LogP contribution in [-0.4, -0.2) is 21.1 Å². The van der Waals surface area contributed by atoms with E-state index in [1.54, 1.807) is 0 Å². The monoisotopic (exact) mass is 272 g/mol. The Morgan fingerprint density at radius 1 is 1.25 bits per heavy atom. The molecule has 20 heavy (non-hydrogen) atoms. The van der Waals surface area contributed by atoms with Crippen molar-refractivity contribution in [2.75, 3.05) is 6.54 Å². The topological polar surface area (TPSA) is 42.7 Å². The third-order valence-electron chi connectivity index (χ3n) is 3.15. The van der Waals surface area contributed by atoms with Crippen LogP contribution in [0.25, 0.3) is 5.82 Å². The van der Waals surface area contributed by atoms with Gasteiger partial charge in [-0.05, 0) is 24.9 Å². The molecule has 0 amide bonds. The number of aromatic nitrogens is 3. The molecule has 4 heteroatoms. The van der Waals surface area contributed by atoms with Crippen molar-refractivity contribution in [3.8, 4) is 5.82 Å². The van der Waals surface area contributed by atoms with Crippen LogP contribution >= 0.6 is 0 Å². The highest BCUT2D eigenvalue weighted by atomic mass is 15.1. The number of nitrogens with one attached hydrogen (secondary N) is 1. The third kappa shape index (κ3) is 3.67. The van der Waals surface area contributed by atoms with Crippen LogP contribution in [0.3, 0.4) is 0 Å². The molecule has 0 unspecified atom stereocenters. The fourth-order valence-corrected chi connectivity index (χ4v) is 2.22. The second-order valence-electron chi connectivity index (χ2n) is 5.47. The highest BCUT2D eigenvalue weighted by molar-refractivity contribution is 5.34. The van der Waals surface area contributed by atoms with Gasteiger partial charge in [-0.15, -0.1) is 0 Å². The third-order valence-corrected chi connectivity index (χ3v) is 3.15. The smallest absolute Gasteiger partial charge is 0.142 e. The van der Waals surface area contributed by atoms with Crippen LogP contribution in [0.5, 0.6) is 0 Å². The van der Waals surface area contributed by atoms with Gasteiger partial charge in [-0.1, -0.05) is 26.8 Å². The predicted molar refractivity (Wildman–Crippen MR) is 81.9 cm³/mol. The first-order valence-electron chi connectivity index (χ1n) is 7.39. The summed E-state index contributed by atoms with van der Waals surface area (Å²) < 4.78 is 2.11. The van der Waals surface area contributed by atoms with Gasteiger partial charge < -0.3 is 5.32 Å². The standard InChI is InChI=1S/C16H24N4/c1-4-6-15-18-9-10-20(15)16-14(7-5-8-19-16)12-17-11-13(2)3/h5,7-10,13,17H,4,6,11-12H2,1-3H3. The Morgan fingerprint density at radius 3 is 2.85 bits per heavy atom. The van der Waals surface area contributed by atoms with E-state index in [1.165, 1.54) is 5.56 Å². The van der Waals surface area contributed by atoms with E-state index >= 15 is 0 Å². The van der Waals surface area contributed by atoms with Crippen LogP contribution in [0.15, 0.2) is 30.7 Å². The van der Waals surface area contributed by atoms with E-state index in [0.717, 1.165) is 37.6 Å². The van der Waals surface area contributed by atoms with Gasteiger partial charge in [0.05, 0.1) is 0 Å². The second kappa shape index (κ2) is 7.20. The number of rotatable bonds is 7. The number of hydrogen-bond donors (Lipinski definition) is 1. The number of pyridine rings is 1. The van der Waals surface area contributed by atoms with E-state index in [-0.39, 0.29) is 0 Å². The molecule has 0 atom stereocenters. The molecule has 0 fully saturated rings. The molecule has 0 saturated carbocycles. The molecule has 2 rings (SSSR count). The molecule has 0 aliphatic carbocycles. The van der Waals surface area contributed by atoms with Crippen molar-refractivity contribution in [1.82, 2.24) is 19.9 Å². The molecule has 2 aromatic heterocycles. The van der Waals surface area contributed by atoms with Crippen LogP contribution in [0.1, 0.15) is 38.6 Å². The van der Waals surface area contributed by atoms with E-state index < -0.39 is 0 Å². The van der Waals surface area contributed by atoms with Gasteiger partial charge in [0, 0.05) is 37.1 Å². The minimum Gasteiger partial charge on any atom is -0.312 e. The molecule has 108 valence electrons. The molecule has 0 aliphatic rings. The lowest BCUT2D eigenvalue weighted by Gasteiger charge is -2.13. The average molecular weight is 272 g/mol. The zero-order valence-electron chi connectivity index (χ0n) is 12.6. The minimum atomic E-state index is 0.652. The van der Waals surface area contributed by atoms with Crippen molar-refractivity contribution in [3.63, 3.8) is 0 Å². The summed E-state index contributed by atoms with van der Waals surface area (Å²) in [7, 11) is 0. The van der Waals surface area contributed by atoms with Crippen LogP contribution in [0, 0.1) is 5.92 Å². The Balaban J connectivity index is 2.20. The number of hydrogen-bond acceptors (Lipinski definition) is 3. The van der Waals surface area contributed by atoms with Crippen LogP contribution < -0.4 is 5.32 Å². The molecule has 0 aliphatic heterocycles. The predicted octanol–water partition coefficient (Wildman–Crippen LogP) is 2.97. The van der Waals surface area contributed by atoms with E-state index in [9.17, 15) is 0 Å². The van der Waals surface area contributed by atoms with E-state index in [2.05, 4.69) is 46.7 Å². The summed E-state index contributed by atoms with van der Waals surface area (Å²) in [5.74, 6) is 2.72. The van der Waals surface area contributed by atoms with Crippen molar-refractivity contribution < 1.29 is 0 Å². The highest BCUT2D eigenvalue weighted by Gasteiger charge is 2.09. The summed E-state index contributed by atoms with van der Waals surface area (Å²) in [6.07, 6.45) is 7.76. The maximum Gasteiger partial charge on any atom is 0.142 e. The fraction of sp³-hybridized carbons (Fsp3) is 0.500. The Labute approximate surface area is 121 Å². The summed E-state index contributed by atoms with van der Waals surface area (Å²) in [6, 6.07) is 4.12. The molecule has 2 aromatic rings. The highest BCUT2D eigenvalue weighted by Crippen LogP contribution is 2.14. The van der Waals surface area contributed by atoms with Crippen molar-refractivity contribution in [1.29, 1.82) is 0 Å². The Hall–Kier alpha value is -1.68. The molecular weight excluding hydrogens is 248 g/mol. The van der Waals surface area contributed by atoms with Gasteiger partial charge in [-0.3, -0.25) is 4.57 Å². The molecule has 0 aromatic carbocycles. The van der Waals surface area contributed by atoms with Crippen LogP contribution in [-0.2, 0) is 13.0 Å². The Morgan fingerprint density at radius 2 is 2.10 bits per heavy atom. The SMILES string of the molecule is CCCc1nccn1-c1ncccc1CNCC(C)C. The van der Waals surface area contributed by atoms with Gasteiger partial charge >= 0.3 is 0 Å². The number of nitrogens with zero attached hydrogens (tertiary/aromatic N) is 3. The zero-order chi connectivity index (χ0) is 14.4. The number of aryl methyl sites for hydroxylation is 1. The lowest BCUT2D eigenvalue weighted by atomic mass is 10.2. The fourth-order valence-electron chi connectivity index (χ4n) is 2.22. The average Bonchev–Trinajstić information content (AvgIpc) is 2.87. The largest absolute Gasteiger partial charge is 0.312 e. The first kappa shape index (κ1) is 14.7. The normalized spacial score (nSPS) is 11.2. The lowest BCUT2D eigenvalue weighted by molar-refractivity contribution is 0.550. The van der Waals surface area contributed by atoms with Gasteiger partial charge in [0.2, 0.25) is 0 Å². The van der Waals surface area contributed by atoms with Gasteiger partial charge in [0.25, 0.3) is 0 Å². The zero-order valence-corrected chi connectivity index (χ0v) is 12.6. The minimum absolute atomic E-state index is 0.652. The summed E-state index contributed by atoms with van der Waals surface area (Å²) >= 11 is 0. The van der Waals surface area contributed by atoms with E-state index in [0.29, 0.717) is 5.92 Å². The molecule has 4 nitrogen and oxygen atoms in total. The molecule has 2 heterocycles. The van der Waals surface area contributed by atoms with E-state index in [1.807, 2.05) is 24.7 Å². The van der Waals surface area contributed by atoms with Crippen LogP contribution in [0.4, 0.5) is 0 Å². The van der Waals surface area contributed by atoms with Crippen molar-refractivity contribution in [2.45, 2.75) is 40.2 Å². The second-order valence-corrected chi connectivity index (χ2v) is 5.47. The summed E-state index contributed by atoms with van der Waals surface area (Å²) in [4.78, 5) is 8.98. The lowest BCUT2D eigenvalue weighted by Crippen LogP contribution is -2.20. The maximum atomic E-state index is 4.54. The maximum absolute atomic E-state index is 4.54. The van der Waals surface area contributed by atoms with E-state index in [4.69, 9.17) is 0 Å². The molecule has 0 radical (unpaired) electrons. The van der Waals surface area contributed by atoms with Crippen molar-refractivity contribution >= 4 is 0 Å². The Bertz CT molecular complexity index is 531. The molecule has 0 spiro atoms. The molecule has 1 N–H and O–H groups in total. The van der Waals surface area contributed by atoms with Gasteiger partial charge in [0.1, 0.15) is 11.6 Å².